The molecule has 2 heterocycles. The van der Waals surface area contributed by atoms with E-state index in [1.807, 2.05) is 0 Å². The fourth-order valence-electron chi connectivity index (χ4n) is 2.55. The maximum absolute atomic E-state index is 14.5. The number of pyridine rings is 1. The number of hydrogen-bond acceptors (Lipinski definition) is 9. The van der Waals surface area contributed by atoms with Crippen LogP contribution in [0.5, 0.6) is 0 Å². The molecule has 0 aliphatic carbocycles. The Morgan fingerprint density at radius 2 is 1.87 bits per heavy atom. The molecule has 9 nitrogen and oxygen atoms in total. The lowest BCUT2D eigenvalue weighted by Gasteiger charge is -2.25. The van der Waals surface area contributed by atoms with E-state index in [1.165, 1.54) is 36.6 Å². The summed E-state index contributed by atoms with van der Waals surface area (Å²) in [5.74, 6) is -1.42. The average molecular weight is 607 g/mol. The Bertz CT molecular complexity index is 1160. The standard InChI is InChI=1S/C21H23ClF3N5O2S2.C3H7NO/c1-12(33-19(26-5)30(34-25)20(31)32-21(2,3)4)6-14-7-13(9-29-18(14)24)8-15(23)16-10-28-17(22)11-27-16;1-4(2)3-5/h7-12H,6H2,1-5H3;3H,1-2H3/b15-8-,26-19?;. The van der Waals surface area contributed by atoms with Crippen LogP contribution in [0.2, 0.25) is 5.15 Å². The Morgan fingerprint density at radius 1 is 1.23 bits per heavy atom. The van der Waals surface area contributed by atoms with E-state index in [-0.39, 0.29) is 45.6 Å². The summed E-state index contributed by atoms with van der Waals surface area (Å²) in [6, 6.07) is 1.45. The van der Waals surface area contributed by atoms with Gasteiger partial charge in [-0.25, -0.2) is 24.1 Å². The van der Waals surface area contributed by atoms with Crippen LogP contribution in [-0.2, 0) is 16.0 Å². The first-order chi connectivity index (χ1) is 18.2. The van der Waals surface area contributed by atoms with Crippen molar-refractivity contribution < 1.29 is 27.0 Å². The second-order valence-corrected chi connectivity index (χ2v) is 11.3. The molecule has 1 atom stereocenters. The number of hydrogen-bond donors (Lipinski definition) is 0. The monoisotopic (exact) mass is 606 g/mol. The number of thioether (sulfide) groups is 1. The van der Waals surface area contributed by atoms with Crippen molar-refractivity contribution in [1.29, 1.82) is 0 Å². The van der Waals surface area contributed by atoms with Crippen LogP contribution in [0.1, 0.15) is 44.5 Å². The fourth-order valence-corrected chi connectivity index (χ4v) is 4.00. The molecule has 0 aromatic carbocycles. The zero-order valence-electron chi connectivity index (χ0n) is 22.5. The van der Waals surface area contributed by atoms with Gasteiger partial charge in [0.1, 0.15) is 16.4 Å². The summed E-state index contributed by atoms with van der Waals surface area (Å²) in [6.07, 6.45) is 4.69. The predicted octanol–water partition coefficient (Wildman–Crippen LogP) is 6.26. The highest BCUT2D eigenvalue weighted by atomic mass is 35.5. The van der Waals surface area contributed by atoms with Crippen LogP contribution in [-0.4, -0.2) is 73.8 Å². The average Bonchev–Trinajstić information content (AvgIpc) is 2.85. The summed E-state index contributed by atoms with van der Waals surface area (Å²) in [6.45, 7) is 6.72. The van der Waals surface area contributed by atoms with Crippen molar-refractivity contribution in [2.24, 2.45) is 4.99 Å². The molecule has 2 aromatic heterocycles. The van der Waals surface area contributed by atoms with Crippen molar-refractivity contribution in [2.75, 3.05) is 21.1 Å². The van der Waals surface area contributed by atoms with Gasteiger partial charge in [0, 0.05) is 38.2 Å². The molecule has 0 aliphatic heterocycles. The second kappa shape index (κ2) is 16.3. The molecule has 0 N–H and O–H groups in total. The molecule has 0 spiro atoms. The maximum Gasteiger partial charge on any atom is 0.428 e. The molecule has 214 valence electrons. The van der Waals surface area contributed by atoms with E-state index in [2.05, 4.69) is 19.9 Å². The molecule has 15 heteroatoms. The lowest BCUT2D eigenvalue weighted by molar-refractivity contribution is -0.115. The molecule has 2 amide bonds. The van der Waals surface area contributed by atoms with Gasteiger partial charge in [0.25, 0.3) is 0 Å². The molecule has 0 bridgehead atoms. The molecule has 0 saturated heterocycles. The van der Waals surface area contributed by atoms with Crippen LogP contribution in [0.15, 0.2) is 29.6 Å². The Kier molecular flexibility index (Phi) is 14.3. The number of amides is 2. The zero-order chi connectivity index (χ0) is 29.8. The van der Waals surface area contributed by atoms with Gasteiger partial charge in [-0.1, -0.05) is 30.3 Å². The van der Waals surface area contributed by atoms with Gasteiger partial charge in [0.05, 0.1) is 12.4 Å². The summed E-state index contributed by atoms with van der Waals surface area (Å²) < 4.78 is 48.2. The molecule has 39 heavy (non-hydrogen) atoms. The zero-order valence-corrected chi connectivity index (χ0v) is 24.9. The van der Waals surface area contributed by atoms with Gasteiger partial charge in [-0.2, -0.15) is 8.70 Å². The van der Waals surface area contributed by atoms with Crippen LogP contribution in [0.4, 0.5) is 17.5 Å². The fraction of sp³-hybridized carbons (Fsp3) is 0.417. The summed E-state index contributed by atoms with van der Waals surface area (Å²) in [7, 11) is 4.78. The number of aromatic nitrogens is 3. The number of carbonyl (C=O) groups is 2. The number of aliphatic imine (C=N–C) groups is 1. The minimum absolute atomic E-state index is 0.0334. The van der Waals surface area contributed by atoms with Crippen molar-refractivity contribution >= 4 is 65.3 Å². The maximum atomic E-state index is 14.5. The van der Waals surface area contributed by atoms with Crippen LogP contribution in [0.25, 0.3) is 11.9 Å². The van der Waals surface area contributed by atoms with E-state index in [4.69, 9.17) is 16.3 Å². The third kappa shape index (κ3) is 12.7. The molecule has 2 aromatic rings. The molecule has 0 saturated carbocycles. The highest BCUT2D eigenvalue weighted by Gasteiger charge is 2.28. The van der Waals surface area contributed by atoms with Crippen molar-refractivity contribution in [3.8, 4) is 0 Å². The lowest BCUT2D eigenvalue weighted by Crippen LogP contribution is -2.35. The topological polar surface area (TPSA) is 101 Å². The van der Waals surface area contributed by atoms with E-state index in [1.54, 1.807) is 41.8 Å². The molecule has 0 aliphatic rings. The Hall–Kier alpha value is -2.84. The summed E-state index contributed by atoms with van der Waals surface area (Å²) in [5.41, 5.74) is -0.345. The number of nitrogens with zero attached hydrogens (tertiary/aromatic N) is 6. The van der Waals surface area contributed by atoms with Gasteiger partial charge < -0.3 is 9.64 Å². The third-order valence-corrected chi connectivity index (χ3v) is 6.03. The van der Waals surface area contributed by atoms with Gasteiger partial charge in [0.2, 0.25) is 12.4 Å². The van der Waals surface area contributed by atoms with Gasteiger partial charge in [-0.05, 0) is 44.9 Å². The van der Waals surface area contributed by atoms with Crippen molar-refractivity contribution in [3.05, 3.63) is 52.6 Å². The molecular weight excluding hydrogens is 577 g/mol. The molecule has 0 radical (unpaired) electrons. The van der Waals surface area contributed by atoms with E-state index in [9.17, 15) is 22.3 Å². The second-order valence-electron chi connectivity index (χ2n) is 8.99. The number of halogens is 4. The number of ether oxygens (including phenoxy) is 1. The number of rotatable bonds is 7. The molecule has 0 fully saturated rings. The first-order valence-corrected chi connectivity index (χ1v) is 13.2. The first kappa shape index (κ1) is 34.2. The van der Waals surface area contributed by atoms with Gasteiger partial charge in [-0.3, -0.25) is 9.79 Å². The van der Waals surface area contributed by atoms with E-state index < -0.39 is 23.5 Å². The van der Waals surface area contributed by atoms with Gasteiger partial charge >= 0.3 is 6.09 Å². The van der Waals surface area contributed by atoms with Gasteiger partial charge in [-0.15, -0.1) is 3.89 Å². The van der Waals surface area contributed by atoms with Crippen molar-refractivity contribution in [3.63, 3.8) is 0 Å². The Morgan fingerprint density at radius 3 is 2.36 bits per heavy atom. The van der Waals surface area contributed by atoms with E-state index >= 15 is 0 Å². The Labute approximate surface area is 239 Å². The largest absolute Gasteiger partial charge is 0.443 e. The normalized spacial score (nSPS) is 12.7. The minimum atomic E-state index is -0.916. The predicted molar refractivity (Wildman–Crippen MR) is 151 cm³/mol. The van der Waals surface area contributed by atoms with Crippen molar-refractivity contribution in [1.82, 2.24) is 24.2 Å². The van der Waals surface area contributed by atoms with Crippen LogP contribution >= 0.6 is 35.7 Å². The quantitative estimate of drug-likeness (QED) is 0.120. The highest BCUT2D eigenvalue weighted by molar-refractivity contribution is 8.15. The van der Waals surface area contributed by atoms with E-state index in [0.717, 1.165) is 24.2 Å². The molecule has 1 unspecified atom stereocenters. The third-order valence-electron chi connectivity index (χ3n) is 4.11. The molecule has 2 rings (SSSR count). The highest BCUT2D eigenvalue weighted by Crippen LogP contribution is 2.28. The lowest BCUT2D eigenvalue weighted by atomic mass is 10.1. The summed E-state index contributed by atoms with van der Waals surface area (Å²) in [5, 5.41) is -0.176. The first-order valence-electron chi connectivity index (χ1n) is 11.3. The Balaban J connectivity index is 0.00000139. The minimum Gasteiger partial charge on any atom is -0.443 e. The smallest absolute Gasteiger partial charge is 0.428 e. The number of amidine groups is 1. The van der Waals surface area contributed by atoms with Crippen molar-refractivity contribution in [2.45, 2.75) is 45.0 Å². The summed E-state index contributed by atoms with van der Waals surface area (Å²) >= 11 is 6.37. The van der Waals surface area contributed by atoms with E-state index in [0.29, 0.717) is 9.87 Å². The SMILES string of the molecule is CN(C)C=O.CN=C(SC(C)Cc1cc(/C=C(\F)c2cnc(Cl)cn2)cnc1F)N(SF)C(=O)OC(C)(C)C. The van der Waals surface area contributed by atoms with Crippen LogP contribution < -0.4 is 0 Å². The molecular formula is C24H30ClF3N6O3S2. The van der Waals surface area contributed by atoms with Crippen LogP contribution in [0, 0.1) is 5.95 Å². The van der Waals surface area contributed by atoms with Crippen LogP contribution in [0.3, 0.4) is 0 Å². The number of carbonyl (C=O) groups excluding carboxylic acids is 2. The van der Waals surface area contributed by atoms with Gasteiger partial charge in [0.15, 0.2) is 23.3 Å². The summed E-state index contributed by atoms with van der Waals surface area (Å²) in [4.78, 5) is 38.4.